The fraction of sp³-hybridized carbons (Fsp3) is 0.381. The lowest BCUT2D eigenvalue weighted by Gasteiger charge is -2.30. The smallest absolute Gasteiger partial charge is 0.261 e. The number of rotatable bonds is 4. The van der Waals surface area contributed by atoms with Gasteiger partial charge in [0.1, 0.15) is 17.2 Å². The normalized spacial score (nSPS) is 17.6. The van der Waals surface area contributed by atoms with Crippen molar-refractivity contribution in [2.24, 2.45) is 7.05 Å². The van der Waals surface area contributed by atoms with Crippen molar-refractivity contribution in [3.05, 3.63) is 46.7 Å². The van der Waals surface area contributed by atoms with Crippen molar-refractivity contribution in [2.45, 2.75) is 26.4 Å². The molecule has 4 heterocycles. The number of carbonyl (C=O) groups is 1. The summed E-state index contributed by atoms with van der Waals surface area (Å²) >= 11 is 0. The van der Waals surface area contributed by atoms with Gasteiger partial charge in [-0.2, -0.15) is 0 Å². The Morgan fingerprint density at radius 3 is 3.00 bits per heavy atom. The number of nitrogens with zero attached hydrogens (tertiary/aromatic N) is 3. The van der Waals surface area contributed by atoms with Gasteiger partial charge in [0, 0.05) is 57.6 Å². The van der Waals surface area contributed by atoms with E-state index in [1.54, 1.807) is 30.1 Å². The Labute approximate surface area is 168 Å². The van der Waals surface area contributed by atoms with Gasteiger partial charge >= 0.3 is 0 Å². The van der Waals surface area contributed by atoms with Crippen LogP contribution in [0.4, 0.5) is 5.82 Å². The van der Waals surface area contributed by atoms with E-state index in [-0.39, 0.29) is 11.5 Å². The van der Waals surface area contributed by atoms with Gasteiger partial charge in [-0.25, -0.2) is 4.98 Å². The van der Waals surface area contributed by atoms with Gasteiger partial charge in [0.15, 0.2) is 0 Å². The molecule has 8 nitrogen and oxygen atoms in total. The first-order chi connectivity index (χ1) is 13.9. The van der Waals surface area contributed by atoms with E-state index >= 15 is 0 Å². The van der Waals surface area contributed by atoms with Crippen molar-refractivity contribution in [3.8, 4) is 11.1 Å². The molecule has 1 aliphatic rings. The molecule has 152 valence electrons. The summed E-state index contributed by atoms with van der Waals surface area (Å²) in [5, 5.41) is 6.68. The van der Waals surface area contributed by atoms with Gasteiger partial charge in [0.25, 0.3) is 5.56 Å². The molecule has 0 unspecified atom stereocenters. The minimum atomic E-state index is -0.189. The summed E-state index contributed by atoms with van der Waals surface area (Å²) in [6.07, 6.45) is 3.39. The number of nitrogens with one attached hydrogen (secondary N) is 2. The first-order valence-corrected chi connectivity index (χ1v) is 9.72. The van der Waals surface area contributed by atoms with E-state index in [0.29, 0.717) is 29.4 Å². The number of aryl methyl sites for hydroxylation is 1. The number of furan rings is 1. The van der Waals surface area contributed by atoms with E-state index in [1.807, 2.05) is 12.1 Å². The van der Waals surface area contributed by atoms with Crippen LogP contribution in [-0.2, 0) is 18.4 Å². The fourth-order valence-corrected chi connectivity index (χ4v) is 3.81. The predicted molar refractivity (Wildman–Crippen MR) is 112 cm³/mol. The molecule has 1 atom stereocenters. The number of pyridine rings is 2. The highest BCUT2D eigenvalue weighted by atomic mass is 16.3. The Balaban J connectivity index is 1.75. The molecule has 1 fully saturated rings. The monoisotopic (exact) mass is 395 g/mol. The Morgan fingerprint density at radius 1 is 1.41 bits per heavy atom. The standard InChI is InChI=1S/C21H25N5O3/c1-13-10-26(7-6-22-13)11-16-9-17-20(29-16)18(12-25(3)21(17)28)15-4-5-23-19(8-15)24-14(2)27/h4-5,8-9,12-13,22H,6-7,10-11H2,1-3H3,(H,23,24,27)/t13-/m0/s1. The molecule has 1 saturated heterocycles. The van der Waals surface area contributed by atoms with Crippen LogP contribution < -0.4 is 16.2 Å². The van der Waals surface area contributed by atoms with Crippen molar-refractivity contribution in [1.82, 2.24) is 19.8 Å². The van der Waals surface area contributed by atoms with E-state index in [4.69, 9.17) is 4.42 Å². The lowest BCUT2D eigenvalue weighted by molar-refractivity contribution is -0.114. The molecule has 0 saturated carbocycles. The number of hydrogen-bond donors (Lipinski definition) is 2. The number of carbonyl (C=O) groups excluding carboxylic acids is 1. The average molecular weight is 395 g/mol. The van der Waals surface area contributed by atoms with Crippen molar-refractivity contribution in [3.63, 3.8) is 0 Å². The summed E-state index contributed by atoms with van der Waals surface area (Å²) in [6.45, 7) is 7.08. The van der Waals surface area contributed by atoms with Crippen LogP contribution in [-0.4, -0.2) is 46.0 Å². The minimum absolute atomic E-state index is 0.0939. The van der Waals surface area contributed by atoms with E-state index in [9.17, 15) is 9.59 Å². The summed E-state index contributed by atoms with van der Waals surface area (Å²) in [5.41, 5.74) is 2.08. The summed E-state index contributed by atoms with van der Waals surface area (Å²) < 4.78 is 7.72. The van der Waals surface area contributed by atoms with Crippen LogP contribution in [0.2, 0.25) is 0 Å². The Bertz CT molecular complexity index is 1120. The summed E-state index contributed by atoms with van der Waals surface area (Å²) in [5.74, 6) is 1.04. The molecular weight excluding hydrogens is 370 g/mol. The predicted octanol–water partition coefficient (Wildman–Crippen LogP) is 1.95. The number of piperazine rings is 1. The van der Waals surface area contributed by atoms with Gasteiger partial charge in [-0.05, 0) is 30.7 Å². The molecule has 3 aromatic rings. The second-order valence-electron chi connectivity index (χ2n) is 7.62. The fourth-order valence-electron chi connectivity index (χ4n) is 3.81. The summed E-state index contributed by atoms with van der Waals surface area (Å²) in [4.78, 5) is 30.6. The maximum atomic E-state index is 12.7. The zero-order chi connectivity index (χ0) is 20.5. The lowest BCUT2D eigenvalue weighted by atomic mass is 10.1. The topological polar surface area (TPSA) is 92.4 Å². The Hall–Kier alpha value is -2.97. The molecular formula is C21H25N5O3. The molecule has 8 heteroatoms. The second kappa shape index (κ2) is 7.81. The van der Waals surface area contributed by atoms with Gasteiger partial charge in [0.05, 0.1) is 11.9 Å². The van der Waals surface area contributed by atoms with Crippen molar-refractivity contribution < 1.29 is 9.21 Å². The highest BCUT2D eigenvalue weighted by molar-refractivity contribution is 5.93. The largest absolute Gasteiger partial charge is 0.459 e. The highest BCUT2D eigenvalue weighted by Gasteiger charge is 2.20. The molecule has 1 amide bonds. The molecule has 1 aliphatic heterocycles. The molecule has 0 spiro atoms. The molecule has 0 aromatic carbocycles. The van der Waals surface area contributed by atoms with Gasteiger partial charge in [-0.1, -0.05) is 0 Å². The SMILES string of the molecule is CC(=O)Nc1cc(-c2cn(C)c(=O)c3cc(CN4CCN[C@@H](C)C4)oc23)ccn1. The van der Waals surface area contributed by atoms with Crippen LogP contribution in [0.3, 0.4) is 0 Å². The number of fused-ring (bicyclic) bond motifs is 1. The third-order valence-electron chi connectivity index (χ3n) is 5.11. The maximum Gasteiger partial charge on any atom is 0.261 e. The number of aromatic nitrogens is 2. The van der Waals surface area contributed by atoms with Crippen LogP contribution >= 0.6 is 0 Å². The van der Waals surface area contributed by atoms with E-state index < -0.39 is 0 Å². The van der Waals surface area contributed by atoms with E-state index in [0.717, 1.165) is 36.5 Å². The maximum absolute atomic E-state index is 12.7. The minimum Gasteiger partial charge on any atom is -0.459 e. The molecule has 0 bridgehead atoms. The van der Waals surface area contributed by atoms with Crippen molar-refractivity contribution in [1.29, 1.82) is 0 Å². The zero-order valence-electron chi connectivity index (χ0n) is 16.9. The van der Waals surface area contributed by atoms with Crippen LogP contribution in [0.15, 0.2) is 39.8 Å². The van der Waals surface area contributed by atoms with Gasteiger partial charge in [-0.15, -0.1) is 0 Å². The van der Waals surface area contributed by atoms with Crippen LogP contribution in [0, 0.1) is 0 Å². The van der Waals surface area contributed by atoms with Gasteiger partial charge < -0.3 is 19.6 Å². The number of anilines is 1. The van der Waals surface area contributed by atoms with Crippen molar-refractivity contribution >= 4 is 22.7 Å². The quantitative estimate of drug-likeness (QED) is 0.702. The second-order valence-corrected chi connectivity index (χ2v) is 7.62. The number of hydrogen-bond acceptors (Lipinski definition) is 6. The lowest BCUT2D eigenvalue weighted by Crippen LogP contribution is -2.48. The molecule has 4 rings (SSSR count). The molecule has 2 N–H and O–H groups in total. The average Bonchev–Trinajstić information content (AvgIpc) is 3.08. The van der Waals surface area contributed by atoms with Gasteiger partial charge in [-0.3, -0.25) is 14.5 Å². The van der Waals surface area contributed by atoms with Crippen LogP contribution in [0.1, 0.15) is 19.6 Å². The Morgan fingerprint density at radius 2 is 2.24 bits per heavy atom. The molecule has 3 aromatic heterocycles. The highest BCUT2D eigenvalue weighted by Crippen LogP contribution is 2.30. The van der Waals surface area contributed by atoms with Crippen molar-refractivity contribution in [2.75, 3.05) is 25.0 Å². The molecule has 0 radical (unpaired) electrons. The van der Waals surface area contributed by atoms with Crippen LogP contribution in [0.5, 0.6) is 0 Å². The molecule has 0 aliphatic carbocycles. The van der Waals surface area contributed by atoms with E-state index in [1.165, 1.54) is 6.92 Å². The van der Waals surface area contributed by atoms with Gasteiger partial charge in [0.2, 0.25) is 5.91 Å². The summed E-state index contributed by atoms with van der Waals surface area (Å²) in [6, 6.07) is 5.90. The van der Waals surface area contributed by atoms with Crippen LogP contribution in [0.25, 0.3) is 22.1 Å². The van der Waals surface area contributed by atoms with E-state index in [2.05, 4.69) is 27.4 Å². The number of amides is 1. The molecule has 29 heavy (non-hydrogen) atoms. The summed E-state index contributed by atoms with van der Waals surface area (Å²) in [7, 11) is 1.73. The third-order valence-corrected chi connectivity index (χ3v) is 5.11. The Kier molecular flexibility index (Phi) is 5.21. The zero-order valence-corrected chi connectivity index (χ0v) is 16.9. The first kappa shape index (κ1) is 19.4. The first-order valence-electron chi connectivity index (χ1n) is 9.72. The third kappa shape index (κ3) is 4.08.